The highest BCUT2D eigenvalue weighted by atomic mass is 16.6. The average molecular weight is 415 g/mol. The summed E-state index contributed by atoms with van der Waals surface area (Å²) in [7, 11) is 0. The van der Waals surface area contributed by atoms with E-state index in [1.165, 1.54) is 0 Å². The third-order valence-electron chi connectivity index (χ3n) is 5.15. The molecule has 0 radical (unpaired) electrons. The van der Waals surface area contributed by atoms with Crippen LogP contribution in [0.15, 0.2) is 60.7 Å². The zero-order valence-corrected chi connectivity index (χ0v) is 18.1. The number of hydrogen-bond acceptors (Lipinski definition) is 4. The summed E-state index contributed by atoms with van der Waals surface area (Å²) in [6.07, 6.45) is 1.09. The molecule has 0 fully saturated rings. The number of nitrogens with one attached hydrogen (secondary N) is 1. The highest BCUT2D eigenvalue weighted by Crippen LogP contribution is 2.24. The van der Waals surface area contributed by atoms with Crippen molar-refractivity contribution in [3.05, 3.63) is 83.3 Å². The molecular weight excluding hydrogens is 388 g/mol. The van der Waals surface area contributed by atoms with Crippen LogP contribution in [0.1, 0.15) is 29.6 Å². The smallest absolute Gasteiger partial charge is 0.410 e. The number of pyridine rings is 1. The maximum atomic E-state index is 11.9. The van der Waals surface area contributed by atoms with E-state index in [2.05, 4.69) is 54.1 Å². The topological polar surface area (TPSA) is 69.0 Å². The van der Waals surface area contributed by atoms with Gasteiger partial charge in [0.1, 0.15) is 17.1 Å². The van der Waals surface area contributed by atoms with Crippen LogP contribution in [-0.2, 0) is 12.8 Å². The monoisotopic (exact) mass is 414 g/mol. The van der Waals surface area contributed by atoms with Crippen molar-refractivity contribution in [1.82, 2.24) is 19.9 Å². The van der Waals surface area contributed by atoms with Crippen LogP contribution in [-0.4, -0.2) is 27.2 Å². The van der Waals surface area contributed by atoms with E-state index in [4.69, 9.17) is 14.7 Å². The number of rotatable bonds is 6. The number of carbonyl (C=O) groups is 1. The number of imidazole rings is 1. The van der Waals surface area contributed by atoms with Gasteiger partial charge in [0.25, 0.3) is 0 Å². The van der Waals surface area contributed by atoms with Gasteiger partial charge >= 0.3 is 6.09 Å². The van der Waals surface area contributed by atoms with Crippen LogP contribution in [0.3, 0.4) is 0 Å². The number of para-hydroxylation sites is 1. The number of ether oxygens (including phenoxy) is 1. The van der Waals surface area contributed by atoms with E-state index < -0.39 is 6.09 Å². The quantitative estimate of drug-likeness (QED) is 0.486. The Morgan fingerprint density at radius 1 is 1.03 bits per heavy atom. The standard InChI is InChI=1S/C25H26N4O2/c1-4-22-28-23-17(2)16-18(3)27-24(23)29(22)20-12-10-19(11-13-20)14-15-26-25(30)31-21-8-6-5-7-9-21/h5-13,16H,4,14-15H2,1-3H3,(H,26,30). The molecule has 31 heavy (non-hydrogen) atoms. The number of carbonyl (C=O) groups excluding carboxylic acids is 1. The van der Waals surface area contributed by atoms with Crippen LogP contribution < -0.4 is 10.1 Å². The lowest BCUT2D eigenvalue weighted by Gasteiger charge is -2.10. The Morgan fingerprint density at radius 2 is 1.77 bits per heavy atom. The molecule has 0 aliphatic rings. The van der Waals surface area contributed by atoms with Gasteiger partial charge in [-0.1, -0.05) is 37.3 Å². The molecule has 0 spiro atoms. The van der Waals surface area contributed by atoms with Gasteiger partial charge in [-0.2, -0.15) is 0 Å². The van der Waals surface area contributed by atoms with E-state index in [-0.39, 0.29) is 0 Å². The third kappa shape index (κ3) is 4.58. The number of fused-ring (bicyclic) bond motifs is 1. The minimum atomic E-state index is -0.447. The zero-order valence-electron chi connectivity index (χ0n) is 18.1. The molecule has 0 aliphatic heterocycles. The first-order valence-corrected chi connectivity index (χ1v) is 10.5. The Kier molecular flexibility index (Phi) is 5.98. The molecule has 2 aromatic carbocycles. The maximum Gasteiger partial charge on any atom is 0.412 e. The second-order valence-electron chi connectivity index (χ2n) is 7.52. The highest BCUT2D eigenvalue weighted by molar-refractivity contribution is 5.78. The van der Waals surface area contributed by atoms with Crippen LogP contribution in [0.2, 0.25) is 0 Å². The Bertz CT molecular complexity index is 1200. The van der Waals surface area contributed by atoms with E-state index in [0.29, 0.717) is 18.7 Å². The number of benzene rings is 2. The molecule has 2 aromatic heterocycles. The molecule has 1 N–H and O–H groups in total. The van der Waals surface area contributed by atoms with Gasteiger partial charge in [-0.15, -0.1) is 0 Å². The number of aromatic nitrogens is 3. The molecule has 0 saturated heterocycles. The van der Waals surface area contributed by atoms with Crippen molar-refractivity contribution < 1.29 is 9.53 Å². The van der Waals surface area contributed by atoms with Gasteiger partial charge in [-0.25, -0.2) is 14.8 Å². The van der Waals surface area contributed by atoms with Gasteiger partial charge in [-0.05, 0) is 61.7 Å². The van der Waals surface area contributed by atoms with E-state index in [1.807, 2.05) is 25.1 Å². The molecule has 0 saturated carbocycles. The summed E-state index contributed by atoms with van der Waals surface area (Å²) < 4.78 is 7.37. The molecule has 4 rings (SSSR count). The molecule has 1 amide bonds. The normalized spacial score (nSPS) is 10.9. The first kappa shape index (κ1) is 20.6. The minimum absolute atomic E-state index is 0.447. The van der Waals surface area contributed by atoms with Crippen molar-refractivity contribution >= 4 is 17.3 Å². The molecule has 4 aromatic rings. The summed E-state index contributed by atoms with van der Waals surface area (Å²) in [4.78, 5) is 21.5. The van der Waals surface area contributed by atoms with Crippen LogP contribution >= 0.6 is 0 Å². The van der Waals surface area contributed by atoms with Gasteiger partial charge in [0.05, 0.1) is 0 Å². The van der Waals surface area contributed by atoms with Crippen LogP contribution in [0.4, 0.5) is 4.79 Å². The van der Waals surface area contributed by atoms with Gasteiger partial charge in [-0.3, -0.25) is 4.57 Å². The zero-order chi connectivity index (χ0) is 21.8. The van der Waals surface area contributed by atoms with E-state index in [9.17, 15) is 4.79 Å². The Hall–Kier alpha value is -3.67. The lowest BCUT2D eigenvalue weighted by molar-refractivity contribution is 0.200. The second-order valence-corrected chi connectivity index (χ2v) is 7.52. The van der Waals surface area contributed by atoms with E-state index in [0.717, 1.165) is 45.9 Å². The largest absolute Gasteiger partial charge is 0.412 e. The van der Waals surface area contributed by atoms with Gasteiger partial charge in [0, 0.05) is 24.3 Å². The molecule has 6 heteroatoms. The molecule has 0 unspecified atom stereocenters. The predicted octanol–water partition coefficient (Wildman–Crippen LogP) is 4.93. The highest BCUT2D eigenvalue weighted by Gasteiger charge is 2.15. The van der Waals surface area contributed by atoms with Crippen LogP contribution in [0.5, 0.6) is 5.75 Å². The van der Waals surface area contributed by atoms with Crippen molar-refractivity contribution in [3.63, 3.8) is 0 Å². The molecule has 158 valence electrons. The lowest BCUT2D eigenvalue weighted by Crippen LogP contribution is -2.28. The molecule has 0 atom stereocenters. The maximum absolute atomic E-state index is 11.9. The first-order valence-electron chi connectivity index (χ1n) is 10.5. The summed E-state index contributed by atoms with van der Waals surface area (Å²) >= 11 is 0. The summed E-state index contributed by atoms with van der Waals surface area (Å²) in [6.45, 7) is 6.69. The summed E-state index contributed by atoms with van der Waals surface area (Å²) in [5.41, 5.74) is 6.14. The fourth-order valence-corrected chi connectivity index (χ4v) is 3.67. The third-order valence-corrected chi connectivity index (χ3v) is 5.15. The summed E-state index contributed by atoms with van der Waals surface area (Å²) in [5.74, 6) is 1.52. The van der Waals surface area contributed by atoms with E-state index in [1.54, 1.807) is 12.1 Å². The number of amides is 1. The molecule has 0 bridgehead atoms. The minimum Gasteiger partial charge on any atom is -0.410 e. The Morgan fingerprint density at radius 3 is 2.48 bits per heavy atom. The van der Waals surface area contributed by atoms with Crippen LogP contribution in [0, 0.1) is 13.8 Å². The number of aryl methyl sites for hydroxylation is 3. The summed E-state index contributed by atoms with van der Waals surface area (Å²) in [5, 5.41) is 2.79. The molecule has 0 aliphatic carbocycles. The Balaban J connectivity index is 1.45. The van der Waals surface area contributed by atoms with Crippen molar-refractivity contribution in [2.45, 2.75) is 33.6 Å². The van der Waals surface area contributed by atoms with Crippen molar-refractivity contribution in [3.8, 4) is 11.4 Å². The van der Waals surface area contributed by atoms with Crippen molar-refractivity contribution in [2.75, 3.05) is 6.54 Å². The second kappa shape index (κ2) is 9.00. The Labute approximate surface area is 181 Å². The van der Waals surface area contributed by atoms with Crippen LogP contribution in [0.25, 0.3) is 16.9 Å². The predicted molar refractivity (Wildman–Crippen MR) is 122 cm³/mol. The van der Waals surface area contributed by atoms with Gasteiger partial charge < -0.3 is 10.1 Å². The van der Waals surface area contributed by atoms with Gasteiger partial charge in [0.2, 0.25) is 0 Å². The number of hydrogen-bond donors (Lipinski definition) is 1. The lowest BCUT2D eigenvalue weighted by atomic mass is 10.1. The average Bonchev–Trinajstić information content (AvgIpc) is 3.14. The molecule has 2 heterocycles. The molecular formula is C25H26N4O2. The molecule has 6 nitrogen and oxygen atoms in total. The fraction of sp³-hybridized carbons (Fsp3) is 0.240. The van der Waals surface area contributed by atoms with E-state index >= 15 is 0 Å². The SMILES string of the molecule is CCc1nc2c(C)cc(C)nc2n1-c1ccc(CCNC(=O)Oc2ccccc2)cc1. The first-order chi connectivity index (χ1) is 15.0. The summed E-state index contributed by atoms with van der Waals surface area (Å²) in [6, 6.07) is 19.4. The van der Waals surface area contributed by atoms with Gasteiger partial charge in [0.15, 0.2) is 5.65 Å². The fourth-order valence-electron chi connectivity index (χ4n) is 3.67. The number of nitrogens with zero attached hydrogens (tertiary/aromatic N) is 3. The van der Waals surface area contributed by atoms with Crippen molar-refractivity contribution in [1.29, 1.82) is 0 Å². The van der Waals surface area contributed by atoms with Crippen molar-refractivity contribution in [2.24, 2.45) is 0 Å².